The van der Waals surface area contributed by atoms with E-state index in [1.807, 2.05) is 0 Å². The Morgan fingerprint density at radius 1 is 1.39 bits per heavy atom. The van der Waals surface area contributed by atoms with Gasteiger partial charge in [-0.25, -0.2) is 9.78 Å². The van der Waals surface area contributed by atoms with Gasteiger partial charge in [0.05, 0.1) is 6.10 Å². The van der Waals surface area contributed by atoms with Crippen LogP contribution in [0.2, 0.25) is 0 Å². The van der Waals surface area contributed by atoms with Crippen molar-refractivity contribution in [1.82, 2.24) is 19.1 Å². The van der Waals surface area contributed by atoms with E-state index in [4.69, 9.17) is 11.6 Å². The monoisotopic (exact) mass is 360 g/mol. The summed E-state index contributed by atoms with van der Waals surface area (Å²) in [5.74, 6) is 1.15. The molecule has 1 unspecified atom stereocenters. The minimum absolute atomic E-state index is 0.331. The number of thioether (sulfide) groups is 1. The van der Waals surface area contributed by atoms with Crippen molar-refractivity contribution >= 4 is 34.5 Å². The number of aryl methyl sites for hydroxylation is 1. The zero-order valence-corrected chi connectivity index (χ0v) is 14.8. The normalized spacial score (nSPS) is 12.9. The lowest BCUT2D eigenvalue weighted by Gasteiger charge is -2.08. The molecule has 0 fully saturated rings. The molecule has 128 valence electrons. The third kappa shape index (κ3) is 4.19. The lowest BCUT2D eigenvalue weighted by atomic mass is 10.2. The first kappa shape index (κ1) is 18.1. The highest BCUT2D eigenvalue weighted by Gasteiger charge is 2.15. The Hall–Kier alpha value is -1.25. The lowest BCUT2D eigenvalue weighted by molar-refractivity contribution is 0.180. The van der Waals surface area contributed by atoms with Crippen LogP contribution in [0.15, 0.2) is 14.7 Å². The Balaban J connectivity index is 2.31. The maximum atomic E-state index is 12.5. The van der Waals surface area contributed by atoms with E-state index < -0.39 is 0 Å². The molecule has 0 aliphatic carbocycles. The van der Waals surface area contributed by atoms with Gasteiger partial charge in [-0.1, -0.05) is 11.8 Å². The Labute approximate surface area is 142 Å². The van der Waals surface area contributed by atoms with Gasteiger partial charge >= 0.3 is 5.69 Å². The molecule has 0 spiro atoms. The number of alkyl halides is 1. The molecule has 0 bridgehead atoms. The van der Waals surface area contributed by atoms with E-state index in [0.717, 1.165) is 6.42 Å². The molecule has 2 heterocycles. The molecule has 7 nitrogen and oxygen atoms in total. The maximum absolute atomic E-state index is 12.5. The van der Waals surface area contributed by atoms with E-state index >= 15 is 0 Å². The van der Waals surface area contributed by atoms with E-state index in [9.17, 15) is 14.7 Å². The Kier molecular flexibility index (Phi) is 6.32. The van der Waals surface area contributed by atoms with Crippen molar-refractivity contribution in [2.24, 2.45) is 7.05 Å². The second-order valence-corrected chi connectivity index (χ2v) is 6.88. The van der Waals surface area contributed by atoms with Crippen LogP contribution in [-0.4, -0.2) is 41.9 Å². The van der Waals surface area contributed by atoms with E-state index in [2.05, 4.69) is 9.97 Å². The highest BCUT2D eigenvalue weighted by molar-refractivity contribution is 7.99. The van der Waals surface area contributed by atoms with Gasteiger partial charge in [0.1, 0.15) is 0 Å². The summed E-state index contributed by atoms with van der Waals surface area (Å²) in [5.41, 5.74) is -0.0395. The molecule has 1 atom stereocenters. The zero-order valence-electron chi connectivity index (χ0n) is 13.2. The first-order valence-electron chi connectivity index (χ1n) is 7.52. The SMILES string of the molecule is CC(O)CCCCn1c(=O)c2[nH]c(SCCCl)nc2n(C)c1=O. The number of aliphatic hydroxyl groups excluding tert-OH is 1. The van der Waals surface area contributed by atoms with Gasteiger partial charge in [0, 0.05) is 25.2 Å². The highest BCUT2D eigenvalue weighted by Crippen LogP contribution is 2.16. The first-order valence-corrected chi connectivity index (χ1v) is 9.04. The predicted octanol–water partition coefficient (Wildman–Crippen LogP) is 1.31. The van der Waals surface area contributed by atoms with Crippen LogP contribution in [0.3, 0.4) is 0 Å². The fraction of sp³-hybridized carbons (Fsp3) is 0.643. The number of hydrogen-bond acceptors (Lipinski definition) is 5. The van der Waals surface area contributed by atoms with Crippen LogP contribution in [0.1, 0.15) is 26.2 Å². The topological polar surface area (TPSA) is 92.9 Å². The van der Waals surface area contributed by atoms with Gasteiger partial charge in [0.2, 0.25) is 0 Å². The van der Waals surface area contributed by atoms with Crippen molar-refractivity contribution in [3.05, 3.63) is 20.8 Å². The molecule has 0 radical (unpaired) electrons. The highest BCUT2D eigenvalue weighted by atomic mass is 35.5. The molecule has 2 N–H and O–H groups in total. The number of unbranched alkanes of at least 4 members (excludes halogenated alkanes) is 1. The predicted molar refractivity (Wildman–Crippen MR) is 92.6 cm³/mol. The van der Waals surface area contributed by atoms with Crippen LogP contribution in [-0.2, 0) is 13.6 Å². The number of aromatic nitrogens is 4. The van der Waals surface area contributed by atoms with E-state index in [1.165, 1.54) is 20.9 Å². The van der Waals surface area contributed by atoms with E-state index in [0.29, 0.717) is 47.3 Å². The quantitative estimate of drug-likeness (QED) is 0.420. The molecule has 0 amide bonds. The molecule has 9 heteroatoms. The van der Waals surface area contributed by atoms with Crippen molar-refractivity contribution in [1.29, 1.82) is 0 Å². The molecule has 2 aromatic rings. The summed E-state index contributed by atoms with van der Waals surface area (Å²) in [6, 6.07) is 0. The molecule has 2 rings (SSSR count). The fourth-order valence-electron chi connectivity index (χ4n) is 2.34. The number of rotatable bonds is 8. The van der Waals surface area contributed by atoms with Crippen molar-refractivity contribution < 1.29 is 5.11 Å². The summed E-state index contributed by atoms with van der Waals surface area (Å²) < 4.78 is 2.60. The van der Waals surface area contributed by atoms with Gasteiger partial charge in [-0.05, 0) is 26.2 Å². The minimum Gasteiger partial charge on any atom is -0.393 e. The number of fused-ring (bicyclic) bond motifs is 1. The zero-order chi connectivity index (χ0) is 17.0. The summed E-state index contributed by atoms with van der Waals surface area (Å²) in [7, 11) is 1.60. The number of nitrogens with zero attached hydrogens (tertiary/aromatic N) is 3. The Bertz CT molecular complexity index is 781. The number of nitrogens with one attached hydrogen (secondary N) is 1. The van der Waals surface area contributed by atoms with E-state index in [-0.39, 0.29) is 17.4 Å². The summed E-state index contributed by atoms with van der Waals surface area (Å²) in [4.78, 5) is 32.1. The fourth-order valence-corrected chi connectivity index (χ4v) is 3.17. The molecule has 0 saturated carbocycles. The molecule has 0 aliphatic heterocycles. The summed E-state index contributed by atoms with van der Waals surface area (Å²) >= 11 is 7.06. The minimum atomic E-state index is -0.375. The molecule has 0 saturated heterocycles. The second kappa shape index (κ2) is 8.03. The van der Waals surface area contributed by atoms with Gasteiger partial charge in [-0.3, -0.25) is 13.9 Å². The molecule has 0 aromatic carbocycles. The molecule has 0 aliphatic rings. The average Bonchev–Trinajstić information content (AvgIpc) is 2.94. The van der Waals surface area contributed by atoms with Crippen molar-refractivity contribution in [3.8, 4) is 0 Å². The third-order valence-electron chi connectivity index (χ3n) is 3.53. The van der Waals surface area contributed by atoms with Crippen molar-refractivity contribution in [3.63, 3.8) is 0 Å². The third-order valence-corrected chi connectivity index (χ3v) is 4.82. The number of H-pyrrole nitrogens is 1. The van der Waals surface area contributed by atoms with Crippen LogP contribution < -0.4 is 11.2 Å². The largest absolute Gasteiger partial charge is 0.393 e. The van der Waals surface area contributed by atoms with Crippen LogP contribution in [0.25, 0.3) is 11.2 Å². The van der Waals surface area contributed by atoms with E-state index in [1.54, 1.807) is 14.0 Å². The smallest absolute Gasteiger partial charge is 0.332 e. The van der Waals surface area contributed by atoms with Crippen molar-refractivity contribution in [2.75, 3.05) is 11.6 Å². The van der Waals surface area contributed by atoms with Gasteiger partial charge in [0.15, 0.2) is 16.3 Å². The summed E-state index contributed by atoms with van der Waals surface area (Å²) in [6.07, 6.45) is 1.70. The number of aromatic amines is 1. The van der Waals surface area contributed by atoms with Gasteiger partial charge in [-0.2, -0.15) is 0 Å². The van der Waals surface area contributed by atoms with Gasteiger partial charge in [0.25, 0.3) is 5.56 Å². The Morgan fingerprint density at radius 3 is 2.78 bits per heavy atom. The number of halogens is 1. The average molecular weight is 361 g/mol. The van der Waals surface area contributed by atoms with Crippen LogP contribution in [0.4, 0.5) is 0 Å². The Morgan fingerprint density at radius 2 is 2.13 bits per heavy atom. The first-order chi connectivity index (χ1) is 11.0. The summed E-state index contributed by atoms with van der Waals surface area (Å²) in [5, 5.41) is 9.84. The number of hydrogen-bond donors (Lipinski definition) is 2. The number of aliphatic hydroxyl groups is 1. The molecule has 23 heavy (non-hydrogen) atoms. The lowest BCUT2D eigenvalue weighted by Crippen LogP contribution is -2.39. The summed E-state index contributed by atoms with van der Waals surface area (Å²) in [6.45, 7) is 2.05. The standard InChI is InChI=1S/C14H21ClN4O3S/c1-9(20)5-3-4-7-19-12(21)10-11(18(2)14(19)22)17-13(16-10)23-8-6-15/h9,20H,3-8H2,1-2H3,(H,16,17). The van der Waals surface area contributed by atoms with Gasteiger partial charge in [-0.15, -0.1) is 11.6 Å². The molecular weight excluding hydrogens is 340 g/mol. The van der Waals surface area contributed by atoms with Crippen molar-refractivity contribution in [2.45, 2.75) is 44.0 Å². The van der Waals surface area contributed by atoms with Crippen LogP contribution in [0, 0.1) is 0 Å². The van der Waals surface area contributed by atoms with Gasteiger partial charge < -0.3 is 10.1 Å². The van der Waals surface area contributed by atoms with Crippen LogP contribution in [0.5, 0.6) is 0 Å². The maximum Gasteiger partial charge on any atom is 0.332 e. The number of imidazole rings is 1. The second-order valence-electron chi connectivity index (χ2n) is 5.42. The van der Waals surface area contributed by atoms with Crippen LogP contribution >= 0.6 is 23.4 Å². The molecule has 2 aromatic heterocycles. The molecular formula is C14H21ClN4O3S.